The predicted octanol–water partition coefficient (Wildman–Crippen LogP) is 5.39. The minimum atomic E-state index is -0.922. The van der Waals surface area contributed by atoms with Crippen LogP contribution < -0.4 is 5.32 Å². The van der Waals surface area contributed by atoms with Crippen molar-refractivity contribution in [1.82, 2.24) is 24.4 Å². The molecule has 3 N–H and O–H groups in total. The molecule has 0 saturated carbocycles. The number of hydrogen-bond donors (Lipinski definition) is 3. The van der Waals surface area contributed by atoms with Crippen molar-refractivity contribution >= 4 is 33.7 Å². The fourth-order valence-corrected chi connectivity index (χ4v) is 6.03. The van der Waals surface area contributed by atoms with Crippen molar-refractivity contribution in [3.63, 3.8) is 0 Å². The lowest BCUT2D eigenvalue weighted by atomic mass is 9.93. The van der Waals surface area contributed by atoms with E-state index in [2.05, 4.69) is 56.2 Å². The summed E-state index contributed by atoms with van der Waals surface area (Å²) in [4.78, 5) is 27.2. The second kappa shape index (κ2) is 11.0. The summed E-state index contributed by atoms with van der Waals surface area (Å²) < 4.78 is 7.88. The molecule has 2 fully saturated rings. The van der Waals surface area contributed by atoms with Crippen LogP contribution in [0.4, 0.5) is 5.82 Å². The van der Waals surface area contributed by atoms with E-state index in [0.29, 0.717) is 12.5 Å². The SMILES string of the molecule is O=C(O)c1ccc2nc(CN3CCC(c4cccc(NCc5ccc6[nH]ccc6c5)n4)CC3)n(C[C@@H]3CCO3)c2c1. The molecule has 5 aromatic rings. The maximum Gasteiger partial charge on any atom is 0.335 e. The highest BCUT2D eigenvalue weighted by Gasteiger charge is 2.26. The number of likely N-dealkylation sites (tertiary alicyclic amines) is 1. The number of pyridine rings is 1. The van der Waals surface area contributed by atoms with Crippen LogP contribution in [0, 0.1) is 0 Å². The lowest BCUT2D eigenvalue weighted by molar-refractivity contribution is -0.0592. The van der Waals surface area contributed by atoms with E-state index in [1.807, 2.05) is 18.3 Å². The van der Waals surface area contributed by atoms with Gasteiger partial charge in [-0.1, -0.05) is 12.1 Å². The molecular formula is C32H34N6O3. The summed E-state index contributed by atoms with van der Waals surface area (Å²) in [5, 5.41) is 14.2. The Morgan fingerprint density at radius 1 is 1.05 bits per heavy atom. The Balaban J connectivity index is 1.00. The van der Waals surface area contributed by atoms with Crippen molar-refractivity contribution in [3.8, 4) is 0 Å². The third-order valence-electron chi connectivity index (χ3n) is 8.49. The summed E-state index contributed by atoms with van der Waals surface area (Å²) in [7, 11) is 0. The highest BCUT2D eigenvalue weighted by Crippen LogP contribution is 2.29. The Morgan fingerprint density at radius 3 is 2.73 bits per heavy atom. The monoisotopic (exact) mass is 550 g/mol. The highest BCUT2D eigenvalue weighted by atomic mass is 16.5. The summed E-state index contributed by atoms with van der Waals surface area (Å²) in [5.41, 5.74) is 5.51. The zero-order chi connectivity index (χ0) is 27.8. The number of carbonyl (C=O) groups is 1. The standard InChI is InChI=1S/C32H34N6O3/c39-32(40)24-5-7-28-29(17-24)38(19-25-11-15-41-25)31(36-28)20-37-13-9-22(10-14-37)27-2-1-3-30(35-27)34-18-21-4-6-26-23(16-21)8-12-33-26/h1-8,12,16-17,22,25,33H,9-11,13-15,18-20H2,(H,34,35)(H,39,40)/t25-/m0/s1. The zero-order valence-electron chi connectivity index (χ0n) is 22.9. The van der Waals surface area contributed by atoms with E-state index in [4.69, 9.17) is 14.7 Å². The summed E-state index contributed by atoms with van der Waals surface area (Å²) in [6.45, 7) is 4.88. The number of benzene rings is 2. The van der Waals surface area contributed by atoms with Crippen molar-refractivity contribution in [2.75, 3.05) is 25.0 Å². The predicted molar refractivity (Wildman–Crippen MR) is 158 cm³/mol. The van der Waals surface area contributed by atoms with E-state index in [0.717, 1.165) is 85.9 Å². The lowest BCUT2D eigenvalue weighted by Crippen LogP contribution is -2.35. The van der Waals surface area contributed by atoms with Crippen LogP contribution in [0.5, 0.6) is 0 Å². The van der Waals surface area contributed by atoms with Crippen molar-refractivity contribution in [2.24, 2.45) is 0 Å². The van der Waals surface area contributed by atoms with Crippen LogP contribution in [-0.4, -0.2) is 61.3 Å². The number of aromatic amines is 1. The van der Waals surface area contributed by atoms with Gasteiger partial charge in [-0.2, -0.15) is 0 Å². The van der Waals surface area contributed by atoms with Crippen molar-refractivity contribution in [2.45, 2.75) is 50.9 Å². The molecule has 3 aromatic heterocycles. The maximum atomic E-state index is 11.6. The van der Waals surface area contributed by atoms with Gasteiger partial charge in [0, 0.05) is 36.5 Å². The first-order valence-electron chi connectivity index (χ1n) is 14.4. The van der Waals surface area contributed by atoms with Crippen LogP contribution in [-0.2, 0) is 24.4 Å². The molecule has 2 aromatic carbocycles. The molecular weight excluding hydrogens is 516 g/mol. The Bertz CT molecular complexity index is 1700. The number of carboxylic acids is 1. The van der Waals surface area contributed by atoms with E-state index in [-0.39, 0.29) is 11.7 Å². The smallest absolute Gasteiger partial charge is 0.335 e. The minimum Gasteiger partial charge on any atom is -0.478 e. The topological polar surface area (TPSA) is 108 Å². The Labute approximate surface area is 238 Å². The van der Waals surface area contributed by atoms with Gasteiger partial charge in [-0.15, -0.1) is 0 Å². The summed E-state index contributed by atoms with van der Waals surface area (Å²) in [6, 6.07) is 20.0. The number of nitrogens with one attached hydrogen (secondary N) is 2. The van der Waals surface area contributed by atoms with Crippen LogP contribution >= 0.6 is 0 Å². The Kier molecular flexibility index (Phi) is 6.90. The maximum absolute atomic E-state index is 11.6. The fourth-order valence-electron chi connectivity index (χ4n) is 6.03. The van der Waals surface area contributed by atoms with Gasteiger partial charge < -0.3 is 24.7 Å². The average Bonchev–Trinajstić information content (AvgIpc) is 3.57. The molecule has 0 aliphatic carbocycles. The second-order valence-corrected chi connectivity index (χ2v) is 11.2. The highest BCUT2D eigenvalue weighted by molar-refractivity contribution is 5.92. The molecule has 1 atom stereocenters. The van der Waals surface area contributed by atoms with Gasteiger partial charge in [0.1, 0.15) is 11.6 Å². The summed E-state index contributed by atoms with van der Waals surface area (Å²) >= 11 is 0. The number of H-pyrrole nitrogens is 1. The average molecular weight is 551 g/mol. The molecule has 2 saturated heterocycles. The molecule has 0 amide bonds. The molecule has 0 bridgehead atoms. The van der Waals surface area contributed by atoms with E-state index in [9.17, 15) is 9.90 Å². The van der Waals surface area contributed by atoms with Crippen molar-refractivity contribution < 1.29 is 14.6 Å². The molecule has 9 nitrogen and oxygen atoms in total. The van der Waals surface area contributed by atoms with E-state index >= 15 is 0 Å². The molecule has 5 heterocycles. The molecule has 9 heteroatoms. The van der Waals surface area contributed by atoms with Gasteiger partial charge in [-0.25, -0.2) is 14.8 Å². The Morgan fingerprint density at radius 2 is 1.93 bits per heavy atom. The van der Waals surface area contributed by atoms with Crippen LogP contribution in [0.2, 0.25) is 0 Å². The van der Waals surface area contributed by atoms with Crippen LogP contribution in [0.3, 0.4) is 0 Å². The van der Waals surface area contributed by atoms with Gasteiger partial charge in [0.15, 0.2) is 0 Å². The summed E-state index contributed by atoms with van der Waals surface area (Å²) in [5.74, 6) is 1.38. The Hall–Kier alpha value is -4.21. The molecule has 0 unspecified atom stereocenters. The van der Waals surface area contributed by atoms with Gasteiger partial charge in [-0.3, -0.25) is 4.90 Å². The molecule has 0 spiro atoms. The number of hydrogen-bond acceptors (Lipinski definition) is 6. The van der Waals surface area contributed by atoms with Crippen LogP contribution in [0.25, 0.3) is 21.9 Å². The number of fused-ring (bicyclic) bond motifs is 2. The first-order chi connectivity index (χ1) is 20.1. The van der Waals surface area contributed by atoms with E-state index < -0.39 is 5.97 Å². The van der Waals surface area contributed by atoms with Gasteiger partial charge in [0.25, 0.3) is 0 Å². The third kappa shape index (κ3) is 5.42. The number of aromatic carboxylic acids is 1. The number of ether oxygens (including phenoxy) is 1. The van der Waals surface area contributed by atoms with E-state index in [1.165, 1.54) is 10.9 Å². The van der Waals surface area contributed by atoms with Crippen LogP contribution in [0.1, 0.15) is 52.6 Å². The largest absolute Gasteiger partial charge is 0.478 e. The van der Waals surface area contributed by atoms with Gasteiger partial charge in [0.05, 0.1) is 35.8 Å². The second-order valence-electron chi connectivity index (χ2n) is 11.2. The van der Waals surface area contributed by atoms with Crippen LogP contribution in [0.15, 0.2) is 66.9 Å². The van der Waals surface area contributed by atoms with Gasteiger partial charge in [0.2, 0.25) is 0 Å². The first-order valence-corrected chi connectivity index (χ1v) is 14.4. The first kappa shape index (κ1) is 25.7. The number of rotatable bonds is 9. The van der Waals surface area contributed by atoms with Crippen molar-refractivity contribution in [3.05, 3.63) is 89.5 Å². The number of piperidine rings is 1. The lowest BCUT2D eigenvalue weighted by Gasteiger charge is -2.32. The molecule has 0 radical (unpaired) electrons. The van der Waals surface area contributed by atoms with Gasteiger partial charge in [-0.05, 0) is 91.8 Å². The number of nitrogens with zero attached hydrogens (tertiary/aromatic N) is 4. The summed E-state index contributed by atoms with van der Waals surface area (Å²) in [6.07, 6.45) is 5.22. The normalized spacial score (nSPS) is 18.1. The number of anilines is 1. The fraction of sp³-hybridized carbons (Fsp3) is 0.344. The molecule has 2 aliphatic heterocycles. The molecule has 210 valence electrons. The quantitative estimate of drug-likeness (QED) is 0.226. The van der Waals surface area contributed by atoms with Crippen molar-refractivity contribution in [1.29, 1.82) is 0 Å². The number of carboxylic acid groups (broad SMARTS) is 1. The van der Waals surface area contributed by atoms with Gasteiger partial charge >= 0.3 is 5.97 Å². The van der Waals surface area contributed by atoms with E-state index in [1.54, 1.807) is 12.1 Å². The minimum absolute atomic E-state index is 0.161. The molecule has 7 rings (SSSR count). The third-order valence-corrected chi connectivity index (χ3v) is 8.49. The number of imidazole rings is 1. The molecule has 41 heavy (non-hydrogen) atoms. The zero-order valence-corrected chi connectivity index (χ0v) is 22.9. The number of aromatic nitrogens is 4. The molecule has 2 aliphatic rings.